The monoisotopic (exact) mass is 822 g/mol. The molecule has 6 nitrogen and oxygen atoms in total. The Bertz CT molecular complexity index is 3390. The van der Waals surface area contributed by atoms with Gasteiger partial charge in [-0.15, -0.1) is 0 Å². The minimum absolute atomic E-state index is 0.00998. The first-order chi connectivity index (χ1) is 31.6. The molecular weight excluding hydrogens is 785 g/mol. The number of nitrogens with zero attached hydrogens (tertiary/aromatic N) is 4. The van der Waals surface area contributed by atoms with Crippen molar-refractivity contribution in [2.75, 3.05) is 0 Å². The third-order valence-electron chi connectivity index (χ3n) is 12.1. The summed E-state index contributed by atoms with van der Waals surface area (Å²) in [5.74, 6) is 1.33. The molecule has 2 atom stereocenters. The summed E-state index contributed by atoms with van der Waals surface area (Å²) in [7, 11) is 0. The highest BCUT2D eigenvalue weighted by atomic mass is 16.5. The Labute approximate surface area is 370 Å². The van der Waals surface area contributed by atoms with Gasteiger partial charge in [-0.05, 0) is 99.1 Å². The van der Waals surface area contributed by atoms with Crippen LogP contribution in [-0.4, -0.2) is 33.0 Å². The van der Waals surface area contributed by atoms with Gasteiger partial charge in [0.2, 0.25) is 11.8 Å². The molecule has 10 aromatic rings. The maximum absolute atomic E-state index is 6.10. The standard InChI is InChI=1S/C58H38N4O2/c1-2-8-50-49(7-1)59-55(45-29-21-41(22-30-45)37-13-17-39(18-14-37)43-25-33-47(34-26-43)57-61-51-9-3-5-11-53(51)63-57)56(60-50)46-31-23-42(24-32-46)38-15-19-40(20-16-38)44-27-35-48(36-28-44)58-62-52-10-4-6-12-54(52)64-58/h1-36,51,53H. The lowest BCUT2D eigenvalue weighted by Crippen LogP contribution is -2.19. The predicted molar refractivity (Wildman–Crippen MR) is 259 cm³/mol. The van der Waals surface area contributed by atoms with Crippen LogP contribution in [-0.2, 0) is 4.74 Å². The number of benzene rings is 8. The third kappa shape index (κ3) is 7.07. The molecule has 2 unspecified atom stereocenters. The summed E-state index contributed by atoms with van der Waals surface area (Å²) in [5, 5.41) is 0. The summed E-state index contributed by atoms with van der Waals surface area (Å²) in [5.41, 5.74) is 18.2. The van der Waals surface area contributed by atoms with E-state index in [-0.39, 0.29) is 12.1 Å². The van der Waals surface area contributed by atoms with Gasteiger partial charge in [0, 0.05) is 22.3 Å². The lowest BCUT2D eigenvalue weighted by atomic mass is 9.96. The molecule has 6 heteroatoms. The minimum Gasteiger partial charge on any atom is -0.467 e. The number of allylic oxidation sites excluding steroid dienone is 2. The molecule has 0 bridgehead atoms. The predicted octanol–water partition coefficient (Wildman–Crippen LogP) is 14.1. The van der Waals surface area contributed by atoms with Crippen molar-refractivity contribution in [2.45, 2.75) is 12.1 Å². The number of aromatic nitrogens is 3. The van der Waals surface area contributed by atoms with Crippen molar-refractivity contribution in [2.24, 2.45) is 4.99 Å². The zero-order chi connectivity index (χ0) is 42.4. The van der Waals surface area contributed by atoms with Gasteiger partial charge in [-0.1, -0.05) is 164 Å². The van der Waals surface area contributed by atoms with Gasteiger partial charge in [-0.25, -0.2) is 19.9 Å². The fraction of sp³-hybridized carbons (Fsp3) is 0.0345. The van der Waals surface area contributed by atoms with Crippen LogP contribution in [0.3, 0.4) is 0 Å². The van der Waals surface area contributed by atoms with E-state index in [4.69, 9.17) is 24.1 Å². The van der Waals surface area contributed by atoms with Gasteiger partial charge in [0.15, 0.2) is 5.58 Å². The fourth-order valence-corrected chi connectivity index (χ4v) is 8.60. The first-order valence-electron chi connectivity index (χ1n) is 21.5. The first kappa shape index (κ1) is 37.3. The van der Waals surface area contributed by atoms with Gasteiger partial charge >= 0.3 is 0 Å². The number of hydrogen-bond donors (Lipinski definition) is 0. The van der Waals surface area contributed by atoms with E-state index in [1.165, 1.54) is 0 Å². The summed E-state index contributed by atoms with van der Waals surface area (Å²) >= 11 is 0. The molecule has 302 valence electrons. The SMILES string of the molecule is C1=CC2N=C(c3ccc(-c4ccc(-c5ccc(-c6nc7ccccc7nc6-c6ccc(-c7ccc(-c8ccc(-c9nc%10ccccc%10o9)cc8)cc7)cc6)cc5)cc4)cc3)OC2C=C1. The number of hydrogen-bond acceptors (Lipinski definition) is 6. The fourth-order valence-electron chi connectivity index (χ4n) is 8.60. The quantitative estimate of drug-likeness (QED) is 0.153. The van der Waals surface area contributed by atoms with Crippen LogP contribution in [0.2, 0.25) is 0 Å². The molecule has 1 aliphatic heterocycles. The van der Waals surface area contributed by atoms with Gasteiger partial charge in [0.1, 0.15) is 17.7 Å². The van der Waals surface area contributed by atoms with Crippen molar-refractivity contribution in [3.63, 3.8) is 0 Å². The van der Waals surface area contributed by atoms with Crippen LogP contribution in [0.1, 0.15) is 5.56 Å². The molecule has 0 saturated carbocycles. The van der Waals surface area contributed by atoms with Crippen LogP contribution in [0, 0.1) is 0 Å². The Morgan fingerprint density at radius 3 is 1.14 bits per heavy atom. The second-order valence-electron chi connectivity index (χ2n) is 16.1. The molecule has 64 heavy (non-hydrogen) atoms. The minimum atomic E-state index is -0.00998. The molecule has 0 spiro atoms. The Kier molecular flexibility index (Phi) is 9.19. The van der Waals surface area contributed by atoms with E-state index >= 15 is 0 Å². The molecule has 12 rings (SSSR count). The maximum atomic E-state index is 6.10. The zero-order valence-electron chi connectivity index (χ0n) is 34.5. The number of aliphatic imine (C=N–C) groups is 1. The van der Waals surface area contributed by atoms with E-state index in [1.54, 1.807) is 0 Å². The largest absolute Gasteiger partial charge is 0.467 e. The maximum Gasteiger partial charge on any atom is 0.227 e. The number of fused-ring (bicyclic) bond motifs is 3. The topological polar surface area (TPSA) is 73.4 Å². The van der Waals surface area contributed by atoms with Crippen molar-refractivity contribution in [1.29, 1.82) is 0 Å². The van der Waals surface area contributed by atoms with Crippen LogP contribution in [0.25, 0.3) is 101 Å². The van der Waals surface area contributed by atoms with Crippen LogP contribution in [0.15, 0.2) is 228 Å². The van der Waals surface area contributed by atoms with E-state index < -0.39 is 0 Å². The van der Waals surface area contributed by atoms with Crippen molar-refractivity contribution >= 4 is 28.0 Å². The highest BCUT2D eigenvalue weighted by molar-refractivity contribution is 5.96. The van der Waals surface area contributed by atoms with E-state index in [9.17, 15) is 0 Å². The summed E-state index contributed by atoms with van der Waals surface area (Å²) < 4.78 is 12.1. The normalized spacial score (nSPS) is 15.3. The van der Waals surface area contributed by atoms with Crippen LogP contribution in [0.4, 0.5) is 0 Å². The van der Waals surface area contributed by atoms with E-state index in [1.807, 2.05) is 60.7 Å². The number of rotatable bonds is 8. The molecule has 2 aliphatic rings. The van der Waals surface area contributed by atoms with Gasteiger partial charge in [0.05, 0.1) is 22.4 Å². The van der Waals surface area contributed by atoms with Crippen molar-refractivity contribution in [3.05, 3.63) is 224 Å². The molecule has 1 aliphatic carbocycles. The average molecular weight is 823 g/mol. The Morgan fingerprint density at radius 1 is 0.328 bits per heavy atom. The second-order valence-corrected chi connectivity index (χ2v) is 16.1. The van der Waals surface area contributed by atoms with Gasteiger partial charge < -0.3 is 9.15 Å². The molecule has 0 radical (unpaired) electrons. The van der Waals surface area contributed by atoms with Crippen LogP contribution < -0.4 is 0 Å². The highest BCUT2D eigenvalue weighted by Crippen LogP contribution is 2.35. The third-order valence-corrected chi connectivity index (χ3v) is 12.1. The van der Waals surface area contributed by atoms with E-state index in [2.05, 4.69) is 163 Å². The van der Waals surface area contributed by atoms with Crippen LogP contribution in [0.5, 0.6) is 0 Å². The van der Waals surface area contributed by atoms with Gasteiger partial charge in [-0.2, -0.15) is 0 Å². The molecule has 0 fully saturated rings. The van der Waals surface area contributed by atoms with Crippen LogP contribution >= 0.6 is 0 Å². The summed E-state index contributed by atoms with van der Waals surface area (Å²) in [6, 6.07) is 67.5. The second kappa shape index (κ2) is 15.8. The van der Waals surface area contributed by atoms with Gasteiger partial charge in [-0.3, -0.25) is 0 Å². The average Bonchev–Trinajstić information content (AvgIpc) is 4.02. The Balaban J connectivity index is 0.763. The van der Waals surface area contributed by atoms with Gasteiger partial charge in [0.25, 0.3) is 0 Å². The number of oxazole rings is 1. The first-order valence-corrected chi connectivity index (χ1v) is 21.5. The lowest BCUT2D eigenvalue weighted by Gasteiger charge is -2.13. The summed E-state index contributed by atoms with van der Waals surface area (Å²) in [6.45, 7) is 0. The summed E-state index contributed by atoms with van der Waals surface area (Å²) in [6.07, 6.45) is 8.18. The van der Waals surface area contributed by atoms with Crippen molar-refractivity contribution in [3.8, 4) is 78.5 Å². The lowest BCUT2D eigenvalue weighted by molar-refractivity contribution is 0.255. The molecule has 0 amide bonds. The van der Waals surface area contributed by atoms with Crippen molar-refractivity contribution < 1.29 is 9.15 Å². The highest BCUT2D eigenvalue weighted by Gasteiger charge is 2.28. The smallest absolute Gasteiger partial charge is 0.227 e. The van der Waals surface area contributed by atoms with E-state index in [0.29, 0.717) is 11.8 Å². The van der Waals surface area contributed by atoms with Crippen molar-refractivity contribution in [1.82, 2.24) is 15.0 Å². The zero-order valence-corrected chi connectivity index (χ0v) is 34.5. The number of ether oxygens (including phenoxy) is 1. The number of para-hydroxylation sites is 4. The molecule has 3 heterocycles. The molecule has 8 aromatic carbocycles. The molecule has 2 aromatic heterocycles. The summed E-state index contributed by atoms with van der Waals surface area (Å²) in [4.78, 5) is 19.8. The Morgan fingerprint density at radius 2 is 0.703 bits per heavy atom. The molecule has 0 N–H and O–H groups in total. The molecular formula is C58H38N4O2. The van der Waals surface area contributed by atoms with E-state index in [0.717, 1.165) is 100 Å². The molecule has 0 saturated heterocycles. The Hall–Kier alpha value is -8.48.